The predicted octanol–water partition coefficient (Wildman–Crippen LogP) is 0.729. The second kappa shape index (κ2) is 5.53. The number of aromatic nitrogens is 1. The molecule has 0 atom stereocenters. The summed E-state index contributed by atoms with van der Waals surface area (Å²) in [6.07, 6.45) is 4.75. The Morgan fingerprint density at radius 3 is 1.73 bits per heavy atom. The highest BCUT2D eigenvalue weighted by Crippen LogP contribution is 1.80. The van der Waals surface area contributed by atoms with Gasteiger partial charge < -0.3 is 9.47 Å². The average Bonchev–Trinajstić information content (AvgIpc) is 2.41. The average molecular weight is 154 g/mol. The zero-order valence-corrected chi connectivity index (χ0v) is 7.19. The smallest absolute Gasteiger partial charge is 0.209 e. The fourth-order valence-corrected chi connectivity index (χ4v) is 0.421. The van der Waals surface area contributed by atoms with Gasteiger partial charge in [-0.25, -0.2) is 0 Å². The maximum atomic E-state index is 9.43. The third-order valence-electron chi connectivity index (χ3n) is 0.964. The van der Waals surface area contributed by atoms with Gasteiger partial charge in [0.05, 0.1) is 0 Å². The van der Waals surface area contributed by atoms with Gasteiger partial charge in [0, 0.05) is 33.5 Å². The molecule has 0 aromatic carbocycles. The van der Waals surface area contributed by atoms with E-state index < -0.39 is 0 Å². The number of amides is 1. The number of carbonyl (C=O) groups excluding carboxylic acids is 1. The zero-order valence-electron chi connectivity index (χ0n) is 7.19. The summed E-state index contributed by atoms with van der Waals surface area (Å²) < 4.78 is 2.00. The lowest BCUT2D eigenvalue weighted by atomic mass is 10.7. The van der Waals surface area contributed by atoms with E-state index in [4.69, 9.17) is 0 Å². The van der Waals surface area contributed by atoms with Crippen LogP contribution in [0.5, 0.6) is 0 Å². The van der Waals surface area contributed by atoms with Crippen LogP contribution in [0.2, 0.25) is 0 Å². The molecule has 0 spiro atoms. The van der Waals surface area contributed by atoms with Gasteiger partial charge in [-0.3, -0.25) is 4.79 Å². The van der Waals surface area contributed by atoms with Crippen molar-refractivity contribution < 1.29 is 4.79 Å². The van der Waals surface area contributed by atoms with Crippen LogP contribution >= 0.6 is 0 Å². The van der Waals surface area contributed by atoms with E-state index in [1.807, 2.05) is 36.1 Å². The van der Waals surface area contributed by atoms with E-state index in [-0.39, 0.29) is 0 Å². The second-order valence-electron chi connectivity index (χ2n) is 2.42. The normalized spacial score (nSPS) is 7.91. The van der Waals surface area contributed by atoms with Crippen LogP contribution < -0.4 is 0 Å². The third kappa shape index (κ3) is 6.64. The molecule has 0 bridgehead atoms. The summed E-state index contributed by atoms with van der Waals surface area (Å²) in [6, 6.07) is 4.00. The molecule has 3 nitrogen and oxygen atoms in total. The van der Waals surface area contributed by atoms with E-state index in [9.17, 15) is 4.79 Å². The Labute approximate surface area is 67.2 Å². The Kier molecular flexibility index (Phi) is 4.90. The Balaban J connectivity index is 0.000000187. The molecule has 0 saturated carbocycles. The lowest BCUT2D eigenvalue weighted by Crippen LogP contribution is -2.06. The highest BCUT2D eigenvalue weighted by atomic mass is 16.1. The quantitative estimate of drug-likeness (QED) is 0.547. The largest absolute Gasteiger partial charge is 0.357 e. The van der Waals surface area contributed by atoms with E-state index in [1.54, 1.807) is 14.1 Å². The Hall–Kier alpha value is -1.25. The molecule has 1 aromatic rings. The fourth-order valence-electron chi connectivity index (χ4n) is 0.421. The van der Waals surface area contributed by atoms with Gasteiger partial charge in [0.25, 0.3) is 0 Å². The highest BCUT2D eigenvalue weighted by molar-refractivity contribution is 5.45. The van der Waals surface area contributed by atoms with Gasteiger partial charge in [-0.05, 0) is 12.1 Å². The number of aryl methyl sites for hydroxylation is 1. The molecule has 1 amide bonds. The summed E-state index contributed by atoms with van der Waals surface area (Å²) >= 11 is 0. The van der Waals surface area contributed by atoms with E-state index in [2.05, 4.69) is 0 Å². The molecule has 0 aliphatic heterocycles. The van der Waals surface area contributed by atoms with Crippen LogP contribution in [-0.4, -0.2) is 30.0 Å². The minimum Gasteiger partial charge on any atom is -0.357 e. The molecule has 0 aliphatic carbocycles. The van der Waals surface area contributed by atoms with Crippen LogP contribution in [0, 0.1) is 0 Å². The second-order valence-corrected chi connectivity index (χ2v) is 2.42. The van der Waals surface area contributed by atoms with Crippen molar-refractivity contribution in [2.45, 2.75) is 0 Å². The van der Waals surface area contributed by atoms with Crippen LogP contribution in [-0.2, 0) is 11.8 Å². The number of hydrogen-bond donors (Lipinski definition) is 0. The fraction of sp³-hybridized carbons (Fsp3) is 0.375. The van der Waals surface area contributed by atoms with Crippen LogP contribution in [0.4, 0.5) is 0 Å². The molecule has 1 rings (SSSR count). The van der Waals surface area contributed by atoms with E-state index >= 15 is 0 Å². The number of hydrogen-bond acceptors (Lipinski definition) is 1. The molecule has 1 heterocycles. The highest BCUT2D eigenvalue weighted by Gasteiger charge is 1.68. The van der Waals surface area contributed by atoms with E-state index in [0.29, 0.717) is 0 Å². The van der Waals surface area contributed by atoms with Crippen molar-refractivity contribution in [2.24, 2.45) is 7.05 Å². The van der Waals surface area contributed by atoms with E-state index in [1.165, 1.54) is 4.90 Å². The monoisotopic (exact) mass is 154 g/mol. The summed E-state index contributed by atoms with van der Waals surface area (Å²) in [4.78, 5) is 10.9. The number of rotatable bonds is 1. The summed E-state index contributed by atoms with van der Waals surface area (Å²) in [6.45, 7) is 0. The standard InChI is InChI=1S/C5H7N.C3H7NO/c1-6-4-2-3-5-6;1-4(2)3-5/h2-5H,1H3;3H,1-2H3. The first kappa shape index (κ1) is 9.75. The molecule has 0 N–H and O–H groups in total. The number of nitrogens with zero attached hydrogens (tertiary/aromatic N) is 2. The van der Waals surface area contributed by atoms with Gasteiger partial charge in [0.2, 0.25) is 6.41 Å². The molecule has 62 valence electrons. The van der Waals surface area contributed by atoms with E-state index in [0.717, 1.165) is 6.41 Å². The van der Waals surface area contributed by atoms with Crippen molar-refractivity contribution in [1.82, 2.24) is 9.47 Å². The topological polar surface area (TPSA) is 25.2 Å². The van der Waals surface area contributed by atoms with Gasteiger partial charge in [-0.2, -0.15) is 0 Å². The minimum atomic E-state index is 0.750. The van der Waals surface area contributed by atoms with Crippen molar-refractivity contribution in [3.05, 3.63) is 24.5 Å². The zero-order chi connectivity index (χ0) is 8.69. The SMILES string of the molecule is CN(C)C=O.Cn1cccc1. The molecule has 0 unspecified atom stereocenters. The summed E-state index contributed by atoms with van der Waals surface area (Å²) in [5, 5.41) is 0. The maximum absolute atomic E-state index is 9.43. The molecule has 0 aliphatic rings. The van der Waals surface area contributed by atoms with Crippen molar-refractivity contribution in [1.29, 1.82) is 0 Å². The Morgan fingerprint density at radius 2 is 1.64 bits per heavy atom. The molecule has 0 fully saturated rings. The predicted molar refractivity (Wildman–Crippen MR) is 45.2 cm³/mol. The first-order valence-electron chi connectivity index (χ1n) is 3.35. The van der Waals surface area contributed by atoms with Crippen molar-refractivity contribution in [3.8, 4) is 0 Å². The van der Waals surface area contributed by atoms with Crippen LogP contribution in [0.15, 0.2) is 24.5 Å². The molecular weight excluding hydrogens is 140 g/mol. The van der Waals surface area contributed by atoms with Gasteiger partial charge in [-0.15, -0.1) is 0 Å². The molecular formula is C8H14N2O. The number of carbonyl (C=O) groups is 1. The minimum absolute atomic E-state index is 0.750. The van der Waals surface area contributed by atoms with Gasteiger partial charge in [0.1, 0.15) is 0 Å². The summed E-state index contributed by atoms with van der Waals surface area (Å²) in [5.41, 5.74) is 0. The van der Waals surface area contributed by atoms with Gasteiger partial charge >= 0.3 is 0 Å². The Bertz CT molecular complexity index is 180. The van der Waals surface area contributed by atoms with Crippen LogP contribution in [0.1, 0.15) is 0 Å². The van der Waals surface area contributed by atoms with Crippen molar-refractivity contribution >= 4 is 6.41 Å². The molecule has 0 saturated heterocycles. The first-order chi connectivity index (χ1) is 5.16. The van der Waals surface area contributed by atoms with Gasteiger partial charge in [-0.1, -0.05) is 0 Å². The molecule has 11 heavy (non-hydrogen) atoms. The molecule has 3 heteroatoms. The molecule has 0 radical (unpaired) electrons. The van der Waals surface area contributed by atoms with Gasteiger partial charge in [0.15, 0.2) is 0 Å². The lowest BCUT2D eigenvalue weighted by molar-refractivity contribution is -0.115. The Morgan fingerprint density at radius 1 is 1.27 bits per heavy atom. The first-order valence-corrected chi connectivity index (χ1v) is 3.35. The van der Waals surface area contributed by atoms with Crippen molar-refractivity contribution in [3.63, 3.8) is 0 Å². The maximum Gasteiger partial charge on any atom is 0.209 e. The van der Waals surface area contributed by atoms with Crippen molar-refractivity contribution in [2.75, 3.05) is 14.1 Å². The lowest BCUT2D eigenvalue weighted by Gasteiger charge is -1.93. The summed E-state index contributed by atoms with van der Waals surface area (Å²) in [7, 11) is 5.38. The molecule has 1 aromatic heterocycles. The van der Waals surface area contributed by atoms with Crippen LogP contribution in [0.3, 0.4) is 0 Å². The van der Waals surface area contributed by atoms with Crippen LogP contribution in [0.25, 0.3) is 0 Å². The summed E-state index contributed by atoms with van der Waals surface area (Å²) in [5.74, 6) is 0. The third-order valence-corrected chi connectivity index (χ3v) is 0.964.